The van der Waals surface area contributed by atoms with Crippen LogP contribution in [0, 0.1) is 0 Å². The number of hydrogen-bond acceptors (Lipinski definition) is 5. The minimum absolute atomic E-state index is 0.119. The summed E-state index contributed by atoms with van der Waals surface area (Å²) < 4.78 is 7.37. The van der Waals surface area contributed by atoms with Crippen LogP contribution in [0.3, 0.4) is 0 Å². The molecule has 2 aromatic carbocycles. The van der Waals surface area contributed by atoms with Crippen LogP contribution in [0.15, 0.2) is 59.7 Å². The number of para-hydroxylation sites is 1. The van der Waals surface area contributed by atoms with Gasteiger partial charge in [-0.05, 0) is 56.9 Å². The van der Waals surface area contributed by atoms with Crippen molar-refractivity contribution in [1.82, 2.24) is 14.9 Å². The standard InChI is InChI=1S/C27H31ClN4O3/c1-4-18-9-10-19(25(33)30-20-11-12-20)17-22(18)32-15-14-29-24(26(32)34)31-27(2,3)21-7-5-6-8-23(21)35-16-13-28/h5-10,14-15,17,20H,4,11-13,16H2,1-3H3,(H,29,31)(H,30,33). The first kappa shape index (κ1) is 24.8. The van der Waals surface area contributed by atoms with E-state index in [1.54, 1.807) is 23.0 Å². The predicted octanol–water partition coefficient (Wildman–Crippen LogP) is 4.65. The minimum Gasteiger partial charge on any atom is -0.492 e. The lowest BCUT2D eigenvalue weighted by molar-refractivity contribution is 0.0951. The molecule has 1 fully saturated rings. The maximum atomic E-state index is 13.6. The maximum Gasteiger partial charge on any atom is 0.297 e. The third kappa shape index (κ3) is 5.68. The van der Waals surface area contributed by atoms with Crippen LogP contribution < -0.4 is 20.9 Å². The first-order chi connectivity index (χ1) is 16.8. The summed E-state index contributed by atoms with van der Waals surface area (Å²) in [5.74, 6) is 1.17. The first-order valence-electron chi connectivity index (χ1n) is 11.9. The van der Waals surface area contributed by atoms with E-state index in [-0.39, 0.29) is 23.3 Å². The van der Waals surface area contributed by atoms with E-state index in [9.17, 15) is 9.59 Å². The second-order valence-electron chi connectivity index (χ2n) is 9.18. The van der Waals surface area contributed by atoms with Crippen LogP contribution >= 0.6 is 11.6 Å². The third-order valence-corrected chi connectivity index (χ3v) is 6.22. The average molecular weight is 495 g/mol. The number of alkyl halides is 1. The van der Waals surface area contributed by atoms with Crippen molar-refractivity contribution in [3.8, 4) is 11.4 Å². The highest BCUT2D eigenvalue weighted by Crippen LogP contribution is 2.32. The number of nitrogens with one attached hydrogen (secondary N) is 2. The van der Waals surface area contributed by atoms with E-state index in [4.69, 9.17) is 16.3 Å². The molecule has 0 radical (unpaired) electrons. The summed E-state index contributed by atoms with van der Waals surface area (Å²) in [7, 11) is 0. The lowest BCUT2D eigenvalue weighted by Gasteiger charge is -2.29. The number of amides is 1. The molecule has 1 aromatic heterocycles. The number of anilines is 1. The summed E-state index contributed by atoms with van der Waals surface area (Å²) in [4.78, 5) is 30.5. The van der Waals surface area contributed by atoms with Gasteiger partial charge in [-0.1, -0.05) is 31.2 Å². The minimum atomic E-state index is -0.659. The van der Waals surface area contributed by atoms with Crippen molar-refractivity contribution >= 4 is 23.3 Å². The number of carbonyl (C=O) groups is 1. The largest absolute Gasteiger partial charge is 0.492 e. The molecule has 0 saturated heterocycles. The highest BCUT2D eigenvalue weighted by atomic mass is 35.5. The molecule has 2 N–H and O–H groups in total. The Morgan fingerprint density at radius 2 is 2.00 bits per heavy atom. The van der Waals surface area contributed by atoms with Gasteiger partial charge in [0.25, 0.3) is 11.5 Å². The fourth-order valence-corrected chi connectivity index (χ4v) is 4.11. The van der Waals surface area contributed by atoms with Crippen molar-refractivity contribution in [2.75, 3.05) is 17.8 Å². The number of hydrogen-bond donors (Lipinski definition) is 2. The molecule has 3 aromatic rings. The molecule has 0 bridgehead atoms. The Balaban J connectivity index is 1.68. The van der Waals surface area contributed by atoms with Gasteiger partial charge >= 0.3 is 0 Å². The van der Waals surface area contributed by atoms with Gasteiger partial charge in [0.05, 0.1) is 17.1 Å². The van der Waals surface area contributed by atoms with Gasteiger partial charge in [-0.15, -0.1) is 11.6 Å². The van der Waals surface area contributed by atoms with Gasteiger partial charge in [0, 0.05) is 29.6 Å². The van der Waals surface area contributed by atoms with Gasteiger partial charge in [0.1, 0.15) is 12.4 Å². The van der Waals surface area contributed by atoms with Crippen molar-refractivity contribution < 1.29 is 9.53 Å². The van der Waals surface area contributed by atoms with Crippen LogP contribution in [0.5, 0.6) is 5.75 Å². The predicted molar refractivity (Wildman–Crippen MR) is 139 cm³/mol. The van der Waals surface area contributed by atoms with Crippen molar-refractivity contribution in [2.45, 2.75) is 51.6 Å². The molecule has 1 saturated carbocycles. The fraction of sp³-hybridized carbons (Fsp3) is 0.370. The smallest absolute Gasteiger partial charge is 0.297 e. The molecule has 1 amide bonds. The van der Waals surface area contributed by atoms with Crippen LogP contribution in [-0.4, -0.2) is 34.0 Å². The highest BCUT2D eigenvalue weighted by Gasteiger charge is 2.27. The van der Waals surface area contributed by atoms with E-state index in [0.717, 1.165) is 24.0 Å². The molecule has 4 rings (SSSR count). The molecule has 7 nitrogen and oxygen atoms in total. The Morgan fingerprint density at radius 1 is 1.23 bits per heavy atom. The van der Waals surface area contributed by atoms with E-state index in [0.29, 0.717) is 35.9 Å². The van der Waals surface area contributed by atoms with E-state index < -0.39 is 5.54 Å². The van der Waals surface area contributed by atoms with E-state index in [2.05, 4.69) is 15.6 Å². The molecule has 0 spiro atoms. The number of nitrogens with zero attached hydrogens (tertiary/aromatic N) is 2. The van der Waals surface area contributed by atoms with E-state index in [1.807, 2.05) is 57.2 Å². The van der Waals surface area contributed by atoms with Gasteiger partial charge in [0.2, 0.25) is 0 Å². The van der Waals surface area contributed by atoms with Gasteiger partial charge in [-0.3, -0.25) is 14.2 Å². The number of halogens is 1. The average Bonchev–Trinajstić information content (AvgIpc) is 3.67. The highest BCUT2D eigenvalue weighted by molar-refractivity contribution is 6.18. The van der Waals surface area contributed by atoms with E-state index >= 15 is 0 Å². The Labute approximate surface area is 210 Å². The molecule has 0 aliphatic heterocycles. The van der Waals surface area contributed by atoms with E-state index in [1.165, 1.54) is 0 Å². The summed E-state index contributed by atoms with van der Waals surface area (Å²) in [6, 6.07) is 13.4. The number of rotatable bonds is 10. The third-order valence-electron chi connectivity index (χ3n) is 6.07. The van der Waals surface area contributed by atoms with Crippen LogP contribution in [0.1, 0.15) is 55.1 Å². The second kappa shape index (κ2) is 10.5. The normalized spacial score (nSPS) is 13.4. The molecule has 1 heterocycles. The Bertz CT molecular complexity index is 1270. The first-order valence-corrected chi connectivity index (χ1v) is 12.5. The molecular weight excluding hydrogens is 464 g/mol. The van der Waals surface area contributed by atoms with Gasteiger partial charge < -0.3 is 15.4 Å². The van der Waals surface area contributed by atoms with Crippen LogP contribution in [-0.2, 0) is 12.0 Å². The SMILES string of the molecule is CCc1ccc(C(=O)NC2CC2)cc1-n1ccnc(NC(C)(C)c2ccccc2OCCCl)c1=O. The van der Waals surface area contributed by atoms with Crippen LogP contribution in [0.2, 0.25) is 0 Å². The zero-order valence-electron chi connectivity index (χ0n) is 20.3. The number of benzene rings is 2. The Hall–Kier alpha value is -3.32. The van der Waals surface area contributed by atoms with Gasteiger partial charge in [-0.25, -0.2) is 4.98 Å². The molecule has 1 aliphatic carbocycles. The summed E-state index contributed by atoms with van der Waals surface area (Å²) in [5, 5.41) is 6.31. The summed E-state index contributed by atoms with van der Waals surface area (Å²) in [6.45, 7) is 6.34. The monoisotopic (exact) mass is 494 g/mol. The zero-order valence-corrected chi connectivity index (χ0v) is 21.1. The number of aromatic nitrogens is 2. The summed E-state index contributed by atoms with van der Waals surface area (Å²) in [6.07, 6.45) is 5.97. The number of aryl methyl sites for hydroxylation is 1. The zero-order chi connectivity index (χ0) is 25.0. The fourth-order valence-electron chi connectivity index (χ4n) is 4.03. The maximum absolute atomic E-state index is 13.6. The van der Waals surface area contributed by atoms with Crippen molar-refractivity contribution in [1.29, 1.82) is 0 Å². The van der Waals surface area contributed by atoms with Crippen LogP contribution in [0.25, 0.3) is 5.69 Å². The van der Waals surface area contributed by atoms with Crippen molar-refractivity contribution in [2.24, 2.45) is 0 Å². The second-order valence-corrected chi connectivity index (χ2v) is 9.56. The Kier molecular flexibility index (Phi) is 7.45. The van der Waals surface area contributed by atoms with Crippen molar-refractivity contribution in [3.63, 3.8) is 0 Å². The Morgan fingerprint density at radius 3 is 2.71 bits per heavy atom. The molecule has 184 valence electrons. The van der Waals surface area contributed by atoms with Gasteiger partial charge in [0.15, 0.2) is 5.82 Å². The molecule has 35 heavy (non-hydrogen) atoms. The molecule has 8 heteroatoms. The number of carbonyl (C=O) groups excluding carboxylic acids is 1. The quantitative estimate of drug-likeness (QED) is 0.401. The lowest BCUT2D eigenvalue weighted by Crippen LogP contribution is -2.34. The molecule has 0 unspecified atom stereocenters. The lowest BCUT2D eigenvalue weighted by atomic mass is 9.93. The molecule has 0 atom stereocenters. The van der Waals surface area contributed by atoms with Crippen molar-refractivity contribution in [3.05, 3.63) is 81.9 Å². The summed E-state index contributed by atoms with van der Waals surface area (Å²) in [5.41, 5.74) is 2.10. The van der Waals surface area contributed by atoms with Crippen LogP contribution in [0.4, 0.5) is 5.82 Å². The molecule has 1 aliphatic rings. The van der Waals surface area contributed by atoms with Gasteiger partial charge in [-0.2, -0.15) is 0 Å². The topological polar surface area (TPSA) is 85.2 Å². The summed E-state index contributed by atoms with van der Waals surface area (Å²) >= 11 is 5.81. The molecular formula is C27H31ClN4O3. The number of ether oxygens (including phenoxy) is 1.